The molecule has 0 unspecified atom stereocenters. The van der Waals surface area contributed by atoms with Crippen molar-refractivity contribution in [3.8, 4) is 0 Å². The minimum absolute atomic E-state index is 0.0630. The average Bonchev–Trinajstić information content (AvgIpc) is 2.49. The molecule has 116 valence electrons. The molecule has 1 aromatic carbocycles. The van der Waals surface area contributed by atoms with Crippen molar-refractivity contribution in [2.24, 2.45) is 5.10 Å². The summed E-state index contributed by atoms with van der Waals surface area (Å²) in [7, 11) is 0. The van der Waals surface area contributed by atoms with E-state index in [1.165, 1.54) is 37.8 Å². The van der Waals surface area contributed by atoms with Gasteiger partial charge in [-0.3, -0.25) is 4.79 Å². The molecule has 0 aliphatic rings. The largest absolute Gasteiger partial charge is 0.273 e. The molecule has 0 aliphatic heterocycles. The van der Waals surface area contributed by atoms with Crippen molar-refractivity contribution in [1.82, 2.24) is 5.43 Å². The van der Waals surface area contributed by atoms with Gasteiger partial charge in [-0.1, -0.05) is 51.2 Å². The van der Waals surface area contributed by atoms with Gasteiger partial charge in [0.05, 0.1) is 5.71 Å². The zero-order valence-corrected chi connectivity index (χ0v) is 13.0. The van der Waals surface area contributed by atoms with Gasteiger partial charge in [-0.15, -0.1) is 0 Å². The number of rotatable bonds is 9. The highest BCUT2D eigenvalue weighted by molar-refractivity contribution is 5.99. The van der Waals surface area contributed by atoms with Crippen molar-refractivity contribution in [3.05, 3.63) is 35.6 Å². The van der Waals surface area contributed by atoms with Crippen LogP contribution in [-0.2, 0) is 4.79 Å². The molecule has 0 aromatic heterocycles. The second kappa shape index (κ2) is 10.1. The molecule has 1 rings (SSSR count). The average molecular weight is 292 g/mol. The van der Waals surface area contributed by atoms with E-state index in [-0.39, 0.29) is 11.7 Å². The Morgan fingerprint density at radius 1 is 1.10 bits per heavy atom. The van der Waals surface area contributed by atoms with Crippen molar-refractivity contribution in [2.45, 2.75) is 58.8 Å². The van der Waals surface area contributed by atoms with Gasteiger partial charge in [0.25, 0.3) is 0 Å². The minimum Gasteiger partial charge on any atom is -0.273 e. The fourth-order valence-electron chi connectivity index (χ4n) is 2.02. The summed E-state index contributed by atoms with van der Waals surface area (Å²) >= 11 is 0. The van der Waals surface area contributed by atoms with Crippen molar-refractivity contribution >= 4 is 11.6 Å². The van der Waals surface area contributed by atoms with Crippen LogP contribution in [-0.4, -0.2) is 11.6 Å². The summed E-state index contributed by atoms with van der Waals surface area (Å²) in [6, 6.07) is 6.06. The lowest BCUT2D eigenvalue weighted by molar-refractivity contribution is -0.121. The lowest BCUT2D eigenvalue weighted by Gasteiger charge is -2.03. The zero-order chi connectivity index (χ0) is 15.5. The maximum absolute atomic E-state index is 12.8. The van der Waals surface area contributed by atoms with E-state index in [0.29, 0.717) is 12.1 Å². The smallest absolute Gasteiger partial charge is 0.240 e. The predicted molar refractivity (Wildman–Crippen MR) is 84.7 cm³/mol. The first kappa shape index (κ1) is 17.3. The van der Waals surface area contributed by atoms with Gasteiger partial charge in [0.1, 0.15) is 5.82 Å². The fourth-order valence-corrected chi connectivity index (χ4v) is 2.02. The van der Waals surface area contributed by atoms with Gasteiger partial charge in [0.15, 0.2) is 0 Å². The monoisotopic (exact) mass is 292 g/mol. The van der Waals surface area contributed by atoms with Crippen molar-refractivity contribution in [3.63, 3.8) is 0 Å². The van der Waals surface area contributed by atoms with Gasteiger partial charge in [0, 0.05) is 6.42 Å². The van der Waals surface area contributed by atoms with E-state index in [2.05, 4.69) is 17.5 Å². The third kappa shape index (κ3) is 7.59. The number of carbonyl (C=O) groups is 1. The summed E-state index contributed by atoms with van der Waals surface area (Å²) in [5.74, 6) is -0.342. The van der Waals surface area contributed by atoms with Crippen LogP contribution in [0.25, 0.3) is 0 Å². The minimum atomic E-state index is -0.279. The Hall–Kier alpha value is -1.71. The molecular formula is C17H25FN2O. The molecule has 1 aromatic rings. The number of hydrogen-bond acceptors (Lipinski definition) is 2. The van der Waals surface area contributed by atoms with Gasteiger partial charge < -0.3 is 0 Å². The molecule has 0 heterocycles. The molecule has 0 spiro atoms. The number of benzene rings is 1. The normalized spacial score (nSPS) is 11.5. The molecule has 4 heteroatoms. The third-order valence-electron chi connectivity index (χ3n) is 3.37. The molecule has 1 amide bonds. The molecule has 0 radical (unpaired) electrons. The first-order valence-electron chi connectivity index (χ1n) is 7.72. The number of hydrazone groups is 1. The van der Waals surface area contributed by atoms with Crippen LogP contribution < -0.4 is 5.43 Å². The van der Waals surface area contributed by atoms with E-state index in [9.17, 15) is 9.18 Å². The number of nitrogens with zero attached hydrogens (tertiary/aromatic N) is 1. The summed E-state index contributed by atoms with van der Waals surface area (Å²) in [4.78, 5) is 11.6. The summed E-state index contributed by atoms with van der Waals surface area (Å²) in [6.45, 7) is 3.98. The van der Waals surface area contributed by atoms with Crippen molar-refractivity contribution in [2.75, 3.05) is 0 Å². The molecule has 0 saturated carbocycles. The first-order valence-corrected chi connectivity index (χ1v) is 7.72. The fraction of sp³-hybridized carbons (Fsp3) is 0.529. The van der Waals surface area contributed by atoms with E-state index in [4.69, 9.17) is 0 Å². The zero-order valence-electron chi connectivity index (χ0n) is 13.0. The van der Waals surface area contributed by atoms with Crippen LogP contribution in [0, 0.1) is 5.82 Å². The molecule has 21 heavy (non-hydrogen) atoms. The molecule has 0 atom stereocenters. The van der Waals surface area contributed by atoms with Gasteiger partial charge >= 0.3 is 0 Å². The Morgan fingerprint density at radius 2 is 1.71 bits per heavy atom. The van der Waals surface area contributed by atoms with Crippen LogP contribution in [0.15, 0.2) is 29.4 Å². The van der Waals surface area contributed by atoms with Crippen LogP contribution in [0.5, 0.6) is 0 Å². The quantitative estimate of drug-likeness (QED) is 0.408. The van der Waals surface area contributed by atoms with E-state index in [0.717, 1.165) is 18.4 Å². The van der Waals surface area contributed by atoms with E-state index in [1.54, 1.807) is 19.1 Å². The van der Waals surface area contributed by atoms with Gasteiger partial charge in [-0.2, -0.15) is 5.10 Å². The summed E-state index contributed by atoms with van der Waals surface area (Å²) in [5, 5.41) is 4.05. The van der Waals surface area contributed by atoms with Crippen LogP contribution >= 0.6 is 0 Å². The second-order valence-corrected chi connectivity index (χ2v) is 5.26. The number of unbranched alkanes of at least 4 members (excludes halogenated alkanes) is 5. The summed E-state index contributed by atoms with van der Waals surface area (Å²) in [5.41, 5.74) is 4.03. The Kier molecular flexibility index (Phi) is 8.32. The Labute approximate surface area is 126 Å². The van der Waals surface area contributed by atoms with Gasteiger partial charge in [-0.05, 0) is 31.0 Å². The maximum atomic E-state index is 12.8. The second-order valence-electron chi connectivity index (χ2n) is 5.26. The maximum Gasteiger partial charge on any atom is 0.240 e. The van der Waals surface area contributed by atoms with Crippen molar-refractivity contribution < 1.29 is 9.18 Å². The van der Waals surface area contributed by atoms with E-state index < -0.39 is 0 Å². The van der Waals surface area contributed by atoms with Gasteiger partial charge in [-0.25, -0.2) is 9.82 Å². The summed E-state index contributed by atoms with van der Waals surface area (Å²) < 4.78 is 12.8. The molecule has 1 N–H and O–H groups in total. The summed E-state index contributed by atoms with van der Waals surface area (Å²) in [6.07, 6.45) is 7.45. The number of hydrogen-bond donors (Lipinski definition) is 1. The number of halogens is 1. The highest BCUT2D eigenvalue weighted by Gasteiger charge is 2.02. The molecule has 0 saturated heterocycles. The lowest BCUT2D eigenvalue weighted by atomic mass is 10.1. The van der Waals surface area contributed by atoms with Crippen LogP contribution in [0.3, 0.4) is 0 Å². The molecule has 0 fully saturated rings. The number of carbonyl (C=O) groups excluding carboxylic acids is 1. The molecule has 0 aliphatic carbocycles. The van der Waals surface area contributed by atoms with Gasteiger partial charge in [0.2, 0.25) is 5.91 Å². The van der Waals surface area contributed by atoms with Crippen LogP contribution in [0.1, 0.15) is 64.4 Å². The molecule has 0 bridgehead atoms. The third-order valence-corrected chi connectivity index (χ3v) is 3.37. The van der Waals surface area contributed by atoms with Crippen molar-refractivity contribution in [1.29, 1.82) is 0 Å². The van der Waals surface area contributed by atoms with E-state index >= 15 is 0 Å². The van der Waals surface area contributed by atoms with Crippen LogP contribution in [0.2, 0.25) is 0 Å². The Bertz CT molecular complexity index is 454. The highest BCUT2D eigenvalue weighted by atomic mass is 19.1. The lowest BCUT2D eigenvalue weighted by Crippen LogP contribution is -2.18. The van der Waals surface area contributed by atoms with Crippen LogP contribution in [0.4, 0.5) is 4.39 Å². The Balaban J connectivity index is 2.25. The van der Waals surface area contributed by atoms with E-state index in [1.807, 2.05) is 0 Å². The standard InChI is InChI=1S/C17H25FN2O/c1-3-4-5-6-7-8-9-17(21)20-19-14(2)15-10-12-16(18)13-11-15/h10-13H,3-9H2,1-2H3,(H,20,21). The number of amides is 1. The Morgan fingerprint density at radius 3 is 2.38 bits per heavy atom. The highest BCUT2D eigenvalue weighted by Crippen LogP contribution is 2.07. The first-order chi connectivity index (χ1) is 10.1. The molecule has 3 nitrogen and oxygen atoms in total. The predicted octanol–water partition coefficient (Wildman–Crippen LogP) is 4.42. The SMILES string of the molecule is CCCCCCCCC(=O)NN=C(C)c1ccc(F)cc1. The number of nitrogens with one attached hydrogen (secondary N) is 1. The molecular weight excluding hydrogens is 267 g/mol. The topological polar surface area (TPSA) is 41.5 Å².